The number of amides is 3. The zero-order valence-corrected chi connectivity index (χ0v) is 17.1. The summed E-state index contributed by atoms with van der Waals surface area (Å²) in [5.41, 5.74) is 1.97. The van der Waals surface area contributed by atoms with E-state index >= 15 is 0 Å². The molecule has 0 spiro atoms. The van der Waals surface area contributed by atoms with Gasteiger partial charge in [0.25, 0.3) is 0 Å². The molecule has 0 radical (unpaired) electrons. The van der Waals surface area contributed by atoms with Crippen LogP contribution in [-0.4, -0.2) is 48.0 Å². The smallest absolute Gasteiger partial charge is 0.318 e. The average Bonchev–Trinajstić information content (AvgIpc) is 3.37. The summed E-state index contributed by atoms with van der Waals surface area (Å²) in [7, 11) is 1.77. The predicted molar refractivity (Wildman–Crippen MR) is 111 cm³/mol. The number of nitrogens with one attached hydrogen (secondary N) is 1. The number of urea groups is 1. The molecule has 2 aliphatic rings. The van der Waals surface area contributed by atoms with E-state index in [-0.39, 0.29) is 18.0 Å². The second kappa shape index (κ2) is 8.33. The van der Waals surface area contributed by atoms with Crippen molar-refractivity contribution < 1.29 is 14.3 Å². The van der Waals surface area contributed by atoms with Crippen LogP contribution in [0.3, 0.4) is 0 Å². The van der Waals surface area contributed by atoms with Crippen molar-refractivity contribution in [1.29, 1.82) is 0 Å². The van der Waals surface area contributed by atoms with Gasteiger partial charge in [-0.1, -0.05) is 41.9 Å². The molecule has 2 aromatic carbocycles. The summed E-state index contributed by atoms with van der Waals surface area (Å²) in [5, 5.41) is 3.70. The Morgan fingerprint density at radius 3 is 2.76 bits per heavy atom. The zero-order valence-electron chi connectivity index (χ0n) is 16.3. The Labute approximate surface area is 175 Å². The fourth-order valence-corrected chi connectivity index (χ4v) is 4.10. The van der Waals surface area contributed by atoms with Gasteiger partial charge in [-0.05, 0) is 36.6 Å². The fraction of sp³-hybridized carbons (Fsp3) is 0.364. The SMILES string of the molecule is CN(Cc1ccc(Cl)cc1)C(=O)C1CCCN1C(=O)NC1COc2ccccc21. The second-order valence-corrected chi connectivity index (χ2v) is 7.96. The molecule has 2 aromatic rings. The van der Waals surface area contributed by atoms with E-state index in [2.05, 4.69) is 5.32 Å². The summed E-state index contributed by atoms with van der Waals surface area (Å²) < 4.78 is 5.64. The van der Waals surface area contributed by atoms with Crippen LogP contribution in [0.2, 0.25) is 5.02 Å². The molecule has 4 rings (SSSR count). The van der Waals surface area contributed by atoms with Crippen molar-refractivity contribution in [2.24, 2.45) is 0 Å². The predicted octanol–water partition coefficient (Wildman–Crippen LogP) is 3.61. The van der Waals surface area contributed by atoms with Crippen LogP contribution in [0.4, 0.5) is 4.79 Å². The van der Waals surface area contributed by atoms with Gasteiger partial charge in [-0.15, -0.1) is 0 Å². The fourth-order valence-electron chi connectivity index (χ4n) is 3.98. The maximum absolute atomic E-state index is 13.0. The van der Waals surface area contributed by atoms with Gasteiger partial charge >= 0.3 is 6.03 Å². The number of ether oxygens (including phenoxy) is 1. The van der Waals surface area contributed by atoms with Crippen LogP contribution < -0.4 is 10.1 Å². The number of fused-ring (bicyclic) bond motifs is 1. The molecule has 0 aliphatic carbocycles. The molecule has 2 atom stereocenters. The van der Waals surface area contributed by atoms with E-state index in [4.69, 9.17) is 16.3 Å². The Morgan fingerprint density at radius 1 is 1.21 bits per heavy atom. The van der Waals surface area contributed by atoms with Gasteiger partial charge in [0.15, 0.2) is 0 Å². The van der Waals surface area contributed by atoms with Crippen LogP contribution in [0, 0.1) is 0 Å². The van der Waals surface area contributed by atoms with E-state index in [9.17, 15) is 9.59 Å². The molecule has 0 aromatic heterocycles. The standard InChI is InChI=1S/C22H24ClN3O3/c1-25(13-15-8-10-16(23)11-9-15)21(27)19-6-4-12-26(19)22(28)24-18-14-29-20-7-3-2-5-17(18)20/h2-3,5,7-11,18-19H,4,6,12-14H2,1H3,(H,24,28). The minimum Gasteiger partial charge on any atom is -0.491 e. The monoisotopic (exact) mass is 413 g/mol. The molecule has 2 unspecified atom stereocenters. The van der Waals surface area contributed by atoms with Gasteiger partial charge in [-0.2, -0.15) is 0 Å². The van der Waals surface area contributed by atoms with E-state index < -0.39 is 6.04 Å². The number of hydrogen-bond donors (Lipinski definition) is 1. The number of carbonyl (C=O) groups is 2. The van der Waals surface area contributed by atoms with Gasteiger partial charge < -0.3 is 19.9 Å². The van der Waals surface area contributed by atoms with E-state index in [1.807, 2.05) is 48.5 Å². The van der Waals surface area contributed by atoms with E-state index in [1.165, 1.54) is 0 Å². The molecule has 0 bridgehead atoms. The van der Waals surface area contributed by atoms with Crippen LogP contribution in [0.1, 0.15) is 30.0 Å². The Kier molecular flexibility index (Phi) is 5.62. The minimum atomic E-state index is -0.440. The maximum Gasteiger partial charge on any atom is 0.318 e. The van der Waals surface area contributed by atoms with Crippen LogP contribution in [0.15, 0.2) is 48.5 Å². The summed E-state index contributed by atoms with van der Waals surface area (Å²) in [5.74, 6) is 0.755. The first-order valence-corrected chi connectivity index (χ1v) is 10.2. The van der Waals surface area contributed by atoms with Crippen LogP contribution in [-0.2, 0) is 11.3 Å². The Morgan fingerprint density at radius 2 is 1.97 bits per heavy atom. The average molecular weight is 414 g/mol. The highest BCUT2D eigenvalue weighted by molar-refractivity contribution is 6.30. The molecular weight excluding hydrogens is 390 g/mol. The summed E-state index contributed by atoms with van der Waals surface area (Å²) >= 11 is 5.93. The molecule has 1 N–H and O–H groups in total. The first-order chi connectivity index (χ1) is 14.0. The molecule has 2 aliphatic heterocycles. The van der Waals surface area contributed by atoms with Crippen LogP contribution in [0.25, 0.3) is 0 Å². The molecule has 0 saturated carbocycles. The lowest BCUT2D eigenvalue weighted by molar-refractivity contribution is -0.134. The third-order valence-electron chi connectivity index (χ3n) is 5.51. The van der Waals surface area contributed by atoms with Gasteiger partial charge in [-0.3, -0.25) is 4.79 Å². The summed E-state index contributed by atoms with van der Waals surface area (Å²) in [6.07, 6.45) is 1.49. The minimum absolute atomic E-state index is 0.0457. The van der Waals surface area contributed by atoms with Gasteiger partial charge in [-0.25, -0.2) is 4.79 Å². The van der Waals surface area contributed by atoms with Crippen molar-refractivity contribution in [3.63, 3.8) is 0 Å². The molecule has 29 heavy (non-hydrogen) atoms. The number of rotatable bonds is 4. The number of nitrogens with zero attached hydrogens (tertiary/aromatic N) is 2. The highest BCUT2D eigenvalue weighted by atomic mass is 35.5. The number of likely N-dealkylation sites (N-methyl/N-ethyl adjacent to an activating group) is 1. The lowest BCUT2D eigenvalue weighted by Gasteiger charge is -2.29. The van der Waals surface area contributed by atoms with Crippen molar-refractivity contribution in [2.75, 3.05) is 20.2 Å². The van der Waals surface area contributed by atoms with Crippen molar-refractivity contribution in [3.05, 3.63) is 64.7 Å². The number of para-hydroxylation sites is 1. The van der Waals surface area contributed by atoms with E-state index in [0.29, 0.717) is 31.1 Å². The number of benzene rings is 2. The highest BCUT2D eigenvalue weighted by Crippen LogP contribution is 2.32. The maximum atomic E-state index is 13.0. The lowest BCUT2D eigenvalue weighted by Crippen LogP contribution is -2.50. The molecule has 1 saturated heterocycles. The molecular formula is C22H24ClN3O3. The normalized spacial score (nSPS) is 20.1. The number of halogens is 1. The summed E-state index contributed by atoms with van der Waals surface area (Å²) in [6.45, 7) is 1.46. The van der Waals surface area contributed by atoms with Crippen LogP contribution >= 0.6 is 11.6 Å². The Hall–Kier alpha value is -2.73. The number of likely N-dealkylation sites (tertiary alicyclic amines) is 1. The molecule has 6 nitrogen and oxygen atoms in total. The molecule has 152 valence electrons. The third-order valence-corrected chi connectivity index (χ3v) is 5.76. The quantitative estimate of drug-likeness (QED) is 0.832. The summed E-state index contributed by atoms with van der Waals surface area (Å²) in [4.78, 5) is 29.3. The van der Waals surface area contributed by atoms with Gasteiger partial charge in [0.1, 0.15) is 18.4 Å². The van der Waals surface area contributed by atoms with Crippen molar-refractivity contribution in [2.45, 2.75) is 31.5 Å². The first kappa shape index (κ1) is 19.6. The second-order valence-electron chi connectivity index (χ2n) is 7.52. The van der Waals surface area contributed by atoms with Gasteiger partial charge in [0, 0.05) is 30.7 Å². The number of hydrogen-bond acceptors (Lipinski definition) is 3. The molecule has 2 heterocycles. The molecule has 7 heteroatoms. The topological polar surface area (TPSA) is 61.9 Å². The van der Waals surface area contributed by atoms with Crippen molar-refractivity contribution >= 4 is 23.5 Å². The summed E-state index contributed by atoms with van der Waals surface area (Å²) in [6, 6.07) is 14.3. The first-order valence-electron chi connectivity index (χ1n) is 9.81. The van der Waals surface area contributed by atoms with E-state index in [0.717, 1.165) is 23.3 Å². The third kappa shape index (κ3) is 4.17. The Balaban J connectivity index is 1.39. The Bertz CT molecular complexity index is 902. The molecule has 1 fully saturated rings. The zero-order chi connectivity index (χ0) is 20.4. The number of carbonyl (C=O) groups excluding carboxylic acids is 2. The van der Waals surface area contributed by atoms with Crippen molar-refractivity contribution in [1.82, 2.24) is 15.1 Å². The van der Waals surface area contributed by atoms with Crippen molar-refractivity contribution in [3.8, 4) is 5.75 Å². The highest BCUT2D eigenvalue weighted by Gasteiger charge is 2.37. The molecule has 3 amide bonds. The van der Waals surface area contributed by atoms with E-state index in [1.54, 1.807) is 16.8 Å². The van der Waals surface area contributed by atoms with Crippen LogP contribution in [0.5, 0.6) is 5.75 Å². The van der Waals surface area contributed by atoms with Gasteiger partial charge in [0.2, 0.25) is 5.91 Å². The lowest BCUT2D eigenvalue weighted by atomic mass is 10.1. The largest absolute Gasteiger partial charge is 0.491 e. The van der Waals surface area contributed by atoms with Gasteiger partial charge in [0.05, 0.1) is 6.04 Å².